The number of rotatable bonds is 4. The Hall–Kier alpha value is -0.570. The first-order chi connectivity index (χ1) is 8.21. The Balaban J connectivity index is 0.00000324. The molecule has 19 heavy (non-hydrogen) atoms. The van der Waals surface area contributed by atoms with Crippen LogP contribution in [-0.2, 0) is 0 Å². The molecule has 0 fully saturated rings. The second-order valence-corrected chi connectivity index (χ2v) is 6.55. The zero-order chi connectivity index (χ0) is 13.9. The van der Waals surface area contributed by atoms with E-state index in [4.69, 9.17) is 5.73 Å². The maximum atomic E-state index is 10.2. The Bertz CT molecular complexity index is 367. The van der Waals surface area contributed by atoms with Crippen molar-refractivity contribution < 1.29 is 5.11 Å². The normalized spacial score (nSPS) is 14.9. The van der Waals surface area contributed by atoms with E-state index >= 15 is 0 Å². The van der Waals surface area contributed by atoms with Crippen molar-refractivity contribution in [1.29, 1.82) is 0 Å². The van der Waals surface area contributed by atoms with Crippen LogP contribution in [0.15, 0.2) is 24.3 Å². The Morgan fingerprint density at radius 3 is 1.84 bits per heavy atom. The molecule has 0 amide bonds. The monoisotopic (exact) mass is 285 g/mol. The van der Waals surface area contributed by atoms with Crippen LogP contribution in [0, 0.1) is 5.41 Å². The van der Waals surface area contributed by atoms with E-state index in [9.17, 15) is 5.11 Å². The Morgan fingerprint density at radius 2 is 1.47 bits per heavy atom. The van der Waals surface area contributed by atoms with Gasteiger partial charge in [0.25, 0.3) is 0 Å². The van der Waals surface area contributed by atoms with Crippen molar-refractivity contribution in [3.63, 3.8) is 0 Å². The van der Waals surface area contributed by atoms with Gasteiger partial charge in [-0.1, -0.05) is 58.9 Å². The van der Waals surface area contributed by atoms with E-state index in [0.717, 1.165) is 5.56 Å². The van der Waals surface area contributed by atoms with E-state index in [2.05, 4.69) is 46.8 Å². The van der Waals surface area contributed by atoms with Crippen LogP contribution >= 0.6 is 12.4 Å². The van der Waals surface area contributed by atoms with Gasteiger partial charge in [0.2, 0.25) is 0 Å². The highest BCUT2D eigenvalue weighted by molar-refractivity contribution is 5.85. The Morgan fingerprint density at radius 1 is 1.05 bits per heavy atom. The van der Waals surface area contributed by atoms with E-state index < -0.39 is 6.10 Å². The lowest BCUT2D eigenvalue weighted by atomic mass is 9.83. The first-order valence-corrected chi connectivity index (χ1v) is 6.75. The lowest BCUT2D eigenvalue weighted by Gasteiger charge is -2.29. The van der Waals surface area contributed by atoms with Gasteiger partial charge in [0.05, 0.1) is 6.10 Å². The fourth-order valence-corrected chi connectivity index (χ4v) is 1.83. The van der Waals surface area contributed by atoms with Crippen molar-refractivity contribution in [1.82, 2.24) is 0 Å². The summed E-state index contributed by atoms with van der Waals surface area (Å²) in [6.07, 6.45) is 0.130. The van der Waals surface area contributed by atoms with Gasteiger partial charge in [-0.05, 0) is 28.9 Å². The molecule has 0 saturated carbocycles. The molecular weight excluding hydrogens is 258 g/mol. The number of benzene rings is 1. The highest BCUT2D eigenvalue weighted by Crippen LogP contribution is 2.27. The summed E-state index contributed by atoms with van der Waals surface area (Å²) in [5.41, 5.74) is 8.39. The van der Waals surface area contributed by atoms with Crippen molar-refractivity contribution in [2.75, 3.05) is 0 Å². The minimum absolute atomic E-state index is 0. The van der Waals surface area contributed by atoms with Crippen LogP contribution in [0.3, 0.4) is 0 Å². The largest absolute Gasteiger partial charge is 0.388 e. The van der Waals surface area contributed by atoms with E-state index in [1.807, 2.05) is 12.1 Å². The van der Waals surface area contributed by atoms with Crippen LogP contribution in [0.4, 0.5) is 0 Å². The second kappa shape index (κ2) is 7.28. The van der Waals surface area contributed by atoms with Crippen LogP contribution in [0.1, 0.15) is 64.2 Å². The first kappa shape index (κ1) is 18.4. The highest BCUT2D eigenvalue weighted by Gasteiger charge is 2.23. The number of halogens is 1. The molecule has 1 rings (SSSR count). The molecule has 0 aliphatic heterocycles. The van der Waals surface area contributed by atoms with Crippen LogP contribution in [0.5, 0.6) is 0 Å². The summed E-state index contributed by atoms with van der Waals surface area (Å²) in [7, 11) is 0. The summed E-state index contributed by atoms with van der Waals surface area (Å²) in [6, 6.07) is 8.19. The van der Waals surface area contributed by atoms with Crippen molar-refractivity contribution >= 4 is 12.4 Å². The molecule has 0 bridgehead atoms. The van der Waals surface area contributed by atoms with Crippen LogP contribution in [-0.4, -0.2) is 11.1 Å². The Labute approximate surface area is 123 Å². The third-order valence-electron chi connectivity index (χ3n) is 3.58. The summed E-state index contributed by atoms with van der Waals surface area (Å²) in [6.45, 7) is 10.6. The lowest BCUT2D eigenvalue weighted by molar-refractivity contribution is 0.133. The van der Waals surface area contributed by atoms with Gasteiger partial charge in [-0.2, -0.15) is 0 Å². The van der Waals surface area contributed by atoms with Crippen molar-refractivity contribution in [3.8, 4) is 0 Å². The smallest absolute Gasteiger partial charge is 0.0805 e. The summed E-state index contributed by atoms with van der Waals surface area (Å²) in [5.74, 6) is 0.521. The minimum Gasteiger partial charge on any atom is -0.388 e. The number of aliphatic hydroxyl groups is 1. The van der Waals surface area contributed by atoms with E-state index in [0.29, 0.717) is 12.3 Å². The lowest BCUT2D eigenvalue weighted by Crippen LogP contribution is -2.36. The molecule has 0 unspecified atom stereocenters. The SMILES string of the molecule is CC(C)c1ccc([C@H](O)C[C@H](N)C(C)(C)C)cc1.Cl. The molecule has 110 valence electrons. The maximum Gasteiger partial charge on any atom is 0.0805 e. The van der Waals surface area contributed by atoms with Crippen LogP contribution in [0.2, 0.25) is 0 Å². The fourth-order valence-electron chi connectivity index (χ4n) is 1.83. The molecule has 1 aromatic rings. The molecule has 3 N–H and O–H groups in total. The molecule has 1 aromatic carbocycles. The zero-order valence-corrected chi connectivity index (χ0v) is 13.5. The van der Waals surface area contributed by atoms with Crippen LogP contribution < -0.4 is 5.73 Å². The van der Waals surface area contributed by atoms with E-state index in [1.165, 1.54) is 5.56 Å². The van der Waals surface area contributed by atoms with Gasteiger partial charge in [-0.15, -0.1) is 12.4 Å². The first-order valence-electron chi connectivity index (χ1n) is 6.75. The molecule has 2 atom stereocenters. The van der Waals surface area contributed by atoms with Gasteiger partial charge in [0.1, 0.15) is 0 Å². The summed E-state index contributed by atoms with van der Waals surface area (Å²) >= 11 is 0. The molecule has 0 radical (unpaired) electrons. The van der Waals surface area contributed by atoms with Gasteiger partial charge in [-0.3, -0.25) is 0 Å². The summed E-state index contributed by atoms with van der Waals surface area (Å²) in [4.78, 5) is 0. The number of aliphatic hydroxyl groups excluding tert-OH is 1. The standard InChI is InChI=1S/C16H27NO.ClH/c1-11(2)12-6-8-13(9-7-12)14(18)10-15(17)16(3,4)5;/h6-9,11,14-15,18H,10,17H2,1-5H3;1H/t14-,15+;/m1./s1. The highest BCUT2D eigenvalue weighted by atomic mass is 35.5. The third-order valence-corrected chi connectivity index (χ3v) is 3.58. The van der Waals surface area contributed by atoms with Crippen molar-refractivity contribution in [2.45, 2.75) is 59.1 Å². The molecular formula is C16H28ClNO. The average Bonchev–Trinajstić information content (AvgIpc) is 2.27. The van der Waals surface area contributed by atoms with Gasteiger partial charge >= 0.3 is 0 Å². The van der Waals surface area contributed by atoms with Gasteiger partial charge < -0.3 is 10.8 Å². The minimum atomic E-state index is -0.472. The Kier molecular flexibility index (Phi) is 7.06. The molecule has 0 aliphatic carbocycles. The zero-order valence-electron chi connectivity index (χ0n) is 12.7. The van der Waals surface area contributed by atoms with Crippen molar-refractivity contribution in [2.24, 2.45) is 11.1 Å². The molecule has 0 saturated heterocycles. The number of hydrogen-bond donors (Lipinski definition) is 2. The fraction of sp³-hybridized carbons (Fsp3) is 0.625. The second-order valence-electron chi connectivity index (χ2n) is 6.55. The molecule has 0 aromatic heterocycles. The molecule has 3 heteroatoms. The predicted octanol–water partition coefficient (Wildman–Crippen LogP) is 4.03. The van der Waals surface area contributed by atoms with Gasteiger partial charge in [-0.25, -0.2) is 0 Å². The molecule has 0 aliphatic rings. The number of hydrogen-bond acceptors (Lipinski definition) is 2. The van der Waals surface area contributed by atoms with Gasteiger partial charge in [0, 0.05) is 6.04 Å². The molecule has 2 nitrogen and oxygen atoms in total. The van der Waals surface area contributed by atoms with Crippen molar-refractivity contribution in [3.05, 3.63) is 35.4 Å². The quantitative estimate of drug-likeness (QED) is 0.877. The predicted molar refractivity (Wildman–Crippen MR) is 84.8 cm³/mol. The van der Waals surface area contributed by atoms with E-state index in [-0.39, 0.29) is 23.9 Å². The maximum absolute atomic E-state index is 10.2. The summed E-state index contributed by atoms with van der Waals surface area (Å²) < 4.78 is 0. The molecule has 0 heterocycles. The summed E-state index contributed by atoms with van der Waals surface area (Å²) in [5, 5.41) is 10.2. The molecule has 0 spiro atoms. The third kappa shape index (κ3) is 5.52. The van der Waals surface area contributed by atoms with E-state index in [1.54, 1.807) is 0 Å². The van der Waals surface area contributed by atoms with Gasteiger partial charge in [0.15, 0.2) is 0 Å². The average molecular weight is 286 g/mol. The number of nitrogens with two attached hydrogens (primary N) is 1. The van der Waals surface area contributed by atoms with Crippen LogP contribution in [0.25, 0.3) is 0 Å². The topological polar surface area (TPSA) is 46.2 Å².